The van der Waals surface area contributed by atoms with Crippen molar-refractivity contribution in [2.75, 3.05) is 13.7 Å². The van der Waals surface area contributed by atoms with E-state index in [1.807, 2.05) is 0 Å². The van der Waals surface area contributed by atoms with Gasteiger partial charge in [-0.3, -0.25) is 14.3 Å². The zero-order chi connectivity index (χ0) is 16.6. The summed E-state index contributed by atoms with van der Waals surface area (Å²) in [5, 5.41) is 9.34. The first-order chi connectivity index (χ1) is 11.0. The minimum Gasteiger partial charge on any atom is -0.469 e. The minimum absolute atomic E-state index is 0.230. The summed E-state index contributed by atoms with van der Waals surface area (Å²) < 4.78 is 36.7. The second-order valence-electron chi connectivity index (χ2n) is 5.26. The Morgan fingerprint density at radius 1 is 1.00 bits per heavy atom. The normalized spacial score (nSPS) is 42.0. The molecule has 3 aliphatic rings. The molecule has 0 spiro atoms. The number of carbonyl (C=O) groups excluding carboxylic acids is 2. The Bertz CT molecular complexity index is 468. The van der Waals surface area contributed by atoms with Gasteiger partial charge in [0.15, 0.2) is 12.6 Å². The molecule has 0 bridgehead atoms. The summed E-state index contributed by atoms with van der Waals surface area (Å²) in [4.78, 5) is 22.5. The van der Waals surface area contributed by atoms with Gasteiger partial charge in [0.1, 0.15) is 30.8 Å². The smallest absolute Gasteiger partial charge is 0.321 e. The van der Waals surface area contributed by atoms with Gasteiger partial charge in [0.2, 0.25) is 0 Å². The van der Waals surface area contributed by atoms with Crippen molar-refractivity contribution in [1.82, 2.24) is 0 Å². The van der Waals surface area contributed by atoms with E-state index in [4.69, 9.17) is 28.4 Å². The number of methoxy groups -OCH3 is 1. The van der Waals surface area contributed by atoms with E-state index in [9.17, 15) is 14.7 Å². The average Bonchev–Trinajstić information content (AvgIpc) is 3.04. The molecule has 10 heteroatoms. The molecule has 130 valence electrons. The van der Waals surface area contributed by atoms with Crippen LogP contribution in [0.1, 0.15) is 13.3 Å². The standard InChI is InChI=1S/C13H18O10/c1-5-18-6(4-14)9-10(19-5)11-12(21-9)23-13(22-11)20-8(16)3-7(15)17-2/h5-6,9-14H,3-4H2,1-2H3. The first kappa shape index (κ1) is 16.6. The van der Waals surface area contributed by atoms with Gasteiger partial charge in [-0.25, -0.2) is 0 Å². The maximum absolute atomic E-state index is 11.5. The number of hydrogen-bond donors (Lipinski definition) is 1. The van der Waals surface area contributed by atoms with Gasteiger partial charge in [-0.15, -0.1) is 0 Å². The van der Waals surface area contributed by atoms with Crippen LogP contribution in [0.3, 0.4) is 0 Å². The number of fused-ring (bicyclic) bond motifs is 3. The number of aliphatic hydroxyl groups is 1. The van der Waals surface area contributed by atoms with Crippen LogP contribution in [0.2, 0.25) is 0 Å². The van der Waals surface area contributed by atoms with E-state index < -0.39 is 61.8 Å². The summed E-state index contributed by atoms with van der Waals surface area (Å²) in [6, 6.07) is 0. The van der Waals surface area contributed by atoms with Crippen LogP contribution >= 0.6 is 0 Å². The highest BCUT2D eigenvalue weighted by Crippen LogP contribution is 2.39. The first-order valence-corrected chi connectivity index (χ1v) is 7.16. The van der Waals surface area contributed by atoms with E-state index in [0.29, 0.717) is 0 Å². The summed E-state index contributed by atoms with van der Waals surface area (Å²) in [6.07, 6.45) is -4.15. The van der Waals surface area contributed by atoms with Gasteiger partial charge in [0.25, 0.3) is 0 Å². The van der Waals surface area contributed by atoms with Crippen LogP contribution in [-0.4, -0.2) is 74.2 Å². The second-order valence-corrected chi connectivity index (χ2v) is 5.26. The van der Waals surface area contributed by atoms with Crippen LogP contribution in [-0.2, 0) is 42.7 Å². The lowest BCUT2D eigenvalue weighted by atomic mass is 10.0. The highest BCUT2D eigenvalue weighted by Gasteiger charge is 2.58. The molecular weight excluding hydrogens is 316 g/mol. The molecule has 0 aromatic heterocycles. The Kier molecular flexibility index (Phi) is 4.80. The number of carbonyl (C=O) groups is 2. The molecule has 7 unspecified atom stereocenters. The van der Waals surface area contributed by atoms with Crippen molar-refractivity contribution < 1.29 is 47.9 Å². The van der Waals surface area contributed by atoms with Gasteiger partial charge in [0.05, 0.1) is 13.7 Å². The summed E-state index contributed by atoms with van der Waals surface area (Å²) >= 11 is 0. The maximum Gasteiger partial charge on any atom is 0.321 e. The average molecular weight is 334 g/mol. The zero-order valence-corrected chi connectivity index (χ0v) is 12.6. The molecule has 0 aliphatic carbocycles. The predicted octanol–water partition coefficient (Wildman–Crippen LogP) is -1.36. The van der Waals surface area contributed by atoms with Crippen molar-refractivity contribution >= 4 is 11.9 Å². The highest BCUT2D eigenvalue weighted by atomic mass is 16.9. The van der Waals surface area contributed by atoms with E-state index in [0.717, 1.165) is 7.11 Å². The monoisotopic (exact) mass is 334 g/mol. The van der Waals surface area contributed by atoms with E-state index in [2.05, 4.69) is 4.74 Å². The van der Waals surface area contributed by atoms with E-state index >= 15 is 0 Å². The molecule has 3 aliphatic heterocycles. The first-order valence-electron chi connectivity index (χ1n) is 7.16. The van der Waals surface area contributed by atoms with Crippen LogP contribution in [0.4, 0.5) is 0 Å². The van der Waals surface area contributed by atoms with Gasteiger partial charge in [-0.1, -0.05) is 0 Å². The van der Waals surface area contributed by atoms with Crippen molar-refractivity contribution in [3.05, 3.63) is 0 Å². The van der Waals surface area contributed by atoms with Crippen molar-refractivity contribution in [1.29, 1.82) is 0 Å². The molecule has 0 radical (unpaired) electrons. The molecule has 3 rings (SSSR count). The zero-order valence-electron chi connectivity index (χ0n) is 12.6. The number of hydrogen-bond acceptors (Lipinski definition) is 10. The summed E-state index contributed by atoms with van der Waals surface area (Å²) in [5.74, 6) is -1.57. The van der Waals surface area contributed by atoms with Crippen molar-refractivity contribution in [2.45, 2.75) is 56.8 Å². The van der Waals surface area contributed by atoms with Crippen LogP contribution in [0.25, 0.3) is 0 Å². The van der Waals surface area contributed by atoms with Crippen molar-refractivity contribution in [3.8, 4) is 0 Å². The number of aliphatic hydroxyl groups excluding tert-OH is 1. The lowest BCUT2D eigenvalue weighted by Crippen LogP contribution is -2.52. The van der Waals surface area contributed by atoms with Crippen LogP contribution in [0.5, 0.6) is 0 Å². The Morgan fingerprint density at radius 2 is 1.78 bits per heavy atom. The molecule has 0 amide bonds. The molecule has 3 heterocycles. The topological polar surface area (TPSA) is 119 Å². The van der Waals surface area contributed by atoms with Crippen molar-refractivity contribution in [2.24, 2.45) is 0 Å². The third-order valence-corrected chi connectivity index (χ3v) is 3.73. The summed E-state index contributed by atoms with van der Waals surface area (Å²) in [6.45, 7) is 0.166. The molecule has 3 fully saturated rings. The Balaban J connectivity index is 1.57. The molecule has 0 aromatic rings. The van der Waals surface area contributed by atoms with Gasteiger partial charge < -0.3 is 33.5 Å². The number of rotatable bonds is 4. The lowest BCUT2D eigenvalue weighted by molar-refractivity contribution is -0.317. The third kappa shape index (κ3) is 3.32. The molecule has 10 nitrogen and oxygen atoms in total. The van der Waals surface area contributed by atoms with E-state index in [-0.39, 0.29) is 6.61 Å². The molecule has 1 N–H and O–H groups in total. The summed E-state index contributed by atoms with van der Waals surface area (Å²) in [5.41, 5.74) is 0. The molecule has 3 saturated heterocycles. The fourth-order valence-electron chi connectivity index (χ4n) is 2.75. The Hall–Kier alpha value is -1.30. The maximum atomic E-state index is 11.5. The van der Waals surface area contributed by atoms with Crippen LogP contribution < -0.4 is 0 Å². The third-order valence-electron chi connectivity index (χ3n) is 3.73. The largest absolute Gasteiger partial charge is 0.469 e. The van der Waals surface area contributed by atoms with E-state index in [1.165, 1.54) is 0 Å². The minimum atomic E-state index is -1.29. The number of esters is 2. The summed E-state index contributed by atoms with van der Waals surface area (Å²) in [7, 11) is 1.16. The van der Waals surface area contributed by atoms with E-state index in [1.54, 1.807) is 6.92 Å². The van der Waals surface area contributed by atoms with Crippen LogP contribution in [0, 0.1) is 0 Å². The van der Waals surface area contributed by atoms with Crippen molar-refractivity contribution in [3.63, 3.8) is 0 Å². The van der Waals surface area contributed by atoms with Gasteiger partial charge >= 0.3 is 18.4 Å². The molecule has 7 atom stereocenters. The Morgan fingerprint density at radius 3 is 2.48 bits per heavy atom. The fraction of sp³-hybridized carbons (Fsp3) is 0.846. The molecular formula is C13H18O10. The lowest BCUT2D eigenvalue weighted by Gasteiger charge is -2.36. The van der Waals surface area contributed by atoms with Gasteiger partial charge in [-0.05, 0) is 6.92 Å². The molecule has 0 aromatic carbocycles. The SMILES string of the molecule is COC(=O)CC(=O)OC1OC2OC3C(CO)OC(C)OC3C2O1. The Labute approximate surface area is 131 Å². The molecule has 23 heavy (non-hydrogen) atoms. The number of ether oxygens (including phenoxy) is 7. The molecule has 0 saturated carbocycles. The fourth-order valence-corrected chi connectivity index (χ4v) is 2.75. The quantitative estimate of drug-likeness (QED) is 0.487. The van der Waals surface area contributed by atoms with Gasteiger partial charge in [0, 0.05) is 0 Å². The van der Waals surface area contributed by atoms with Gasteiger partial charge in [-0.2, -0.15) is 0 Å². The second kappa shape index (κ2) is 6.67. The van der Waals surface area contributed by atoms with Crippen LogP contribution in [0.15, 0.2) is 0 Å². The predicted molar refractivity (Wildman–Crippen MR) is 67.4 cm³/mol. The highest BCUT2D eigenvalue weighted by molar-refractivity contribution is 5.91.